The number of benzene rings is 2. The second kappa shape index (κ2) is 5.71. The summed E-state index contributed by atoms with van der Waals surface area (Å²) in [5.74, 6) is 1.22. The van der Waals surface area contributed by atoms with E-state index in [1.807, 2.05) is 24.3 Å². The van der Waals surface area contributed by atoms with Crippen LogP contribution in [-0.2, 0) is 6.61 Å². The molecule has 0 aliphatic carbocycles. The SMILES string of the molecule is OCc1cccc(Cl)c1Oc1cccc(I)c1. The summed E-state index contributed by atoms with van der Waals surface area (Å²) in [5.41, 5.74) is 0.677. The van der Waals surface area contributed by atoms with E-state index >= 15 is 0 Å². The van der Waals surface area contributed by atoms with Crippen LogP contribution in [0.4, 0.5) is 0 Å². The number of hydrogen-bond donors (Lipinski definition) is 1. The van der Waals surface area contributed by atoms with Crippen LogP contribution in [0, 0.1) is 3.57 Å². The van der Waals surface area contributed by atoms with Gasteiger partial charge < -0.3 is 9.84 Å². The van der Waals surface area contributed by atoms with E-state index in [1.165, 1.54) is 0 Å². The summed E-state index contributed by atoms with van der Waals surface area (Å²) in [7, 11) is 0. The van der Waals surface area contributed by atoms with Crippen LogP contribution in [0.25, 0.3) is 0 Å². The Balaban J connectivity index is 2.35. The quantitative estimate of drug-likeness (QED) is 0.830. The van der Waals surface area contributed by atoms with Crippen molar-refractivity contribution in [2.24, 2.45) is 0 Å². The van der Waals surface area contributed by atoms with Gasteiger partial charge in [0.25, 0.3) is 0 Å². The lowest BCUT2D eigenvalue weighted by molar-refractivity contribution is 0.276. The molecule has 0 amide bonds. The van der Waals surface area contributed by atoms with Crippen molar-refractivity contribution >= 4 is 34.2 Å². The molecule has 0 aliphatic heterocycles. The zero-order valence-electron chi connectivity index (χ0n) is 8.86. The van der Waals surface area contributed by atoms with Crippen LogP contribution >= 0.6 is 34.2 Å². The summed E-state index contributed by atoms with van der Waals surface area (Å²) in [5, 5.41) is 9.73. The molecule has 0 heterocycles. The van der Waals surface area contributed by atoms with Crippen LogP contribution < -0.4 is 4.74 Å². The number of hydrogen-bond acceptors (Lipinski definition) is 2. The number of aliphatic hydroxyl groups is 1. The lowest BCUT2D eigenvalue weighted by Crippen LogP contribution is -1.92. The van der Waals surface area contributed by atoms with Crippen LogP contribution in [-0.4, -0.2) is 5.11 Å². The predicted octanol–water partition coefficient (Wildman–Crippen LogP) is 4.23. The van der Waals surface area contributed by atoms with Crippen molar-refractivity contribution < 1.29 is 9.84 Å². The molecule has 0 atom stereocenters. The van der Waals surface area contributed by atoms with Gasteiger partial charge in [0.1, 0.15) is 5.75 Å². The fraction of sp³-hybridized carbons (Fsp3) is 0.0769. The number of para-hydroxylation sites is 1. The van der Waals surface area contributed by atoms with Gasteiger partial charge in [-0.05, 0) is 46.9 Å². The second-order valence-corrected chi connectivity index (χ2v) is 5.10. The molecule has 1 N–H and O–H groups in total. The van der Waals surface area contributed by atoms with Crippen LogP contribution in [0.2, 0.25) is 5.02 Å². The minimum atomic E-state index is -0.0974. The maximum Gasteiger partial charge on any atom is 0.151 e. The van der Waals surface area contributed by atoms with Gasteiger partial charge in [0, 0.05) is 9.13 Å². The van der Waals surface area contributed by atoms with Gasteiger partial charge in [0.2, 0.25) is 0 Å². The van der Waals surface area contributed by atoms with E-state index in [0.29, 0.717) is 22.1 Å². The van der Waals surface area contributed by atoms with Gasteiger partial charge >= 0.3 is 0 Å². The molecule has 0 aliphatic rings. The van der Waals surface area contributed by atoms with Gasteiger partial charge in [0.05, 0.1) is 11.6 Å². The zero-order valence-corrected chi connectivity index (χ0v) is 11.8. The van der Waals surface area contributed by atoms with Gasteiger partial charge in [-0.15, -0.1) is 0 Å². The Morgan fingerprint density at radius 2 is 1.94 bits per heavy atom. The molecule has 4 heteroatoms. The van der Waals surface area contributed by atoms with Gasteiger partial charge in [-0.3, -0.25) is 0 Å². The molecule has 0 aromatic heterocycles. The smallest absolute Gasteiger partial charge is 0.151 e. The van der Waals surface area contributed by atoms with Crippen molar-refractivity contribution in [3.05, 3.63) is 56.6 Å². The first-order valence-electron chi connectivity index (χ1n) is 5.02. The molecule has 88 valence electrons. The highest BCUT2D eigenvalue weighted by atomic mass is 127. The zero-order chi connectivity index (χ0) is 12.3. The molecule has 0 radical (unpaired) electrons. The Morgan fingerprint density at radius 3 is 2.65 bits per heavy atom. The highest BCUT2D eigenvalue weighted by molar-refractivity contribution is 14.1. The molecule has 0 spiro atoms. The van der Waals surface area contributed by atoms with Gasteiger partial charge in [0.15, 0.2) is 5.75 Å². The van der Waals surface area contributed by atoms with Gasteiger partial charge in [-0.25, -0.2) is 0 Å². The largest absolute Gasteiger partial charge is 0.455 e. The minimum absolute atomic E-state index is 0.0974. The van der Waals surface area contributed by atoms with Crippen LogP contribution in [0.1, 0.15) is 5.56 Å². The van der Waals surface area contributed by atoms with E-state index in [4.69, 9.17) is 16.3 Å². The van der Waals surface area contributed by atoms with Crippen LogP contribution in [0.5, 0.6) is 11.5 Å². The summed E-state index contributed by atoms with van der Waals surface area (Å²) in [4.78, 5) is 0. The number of ether oxygens (including phenoxy) is 1. The fourth-order valence-corrected chi connectivity index (χ4v) is 2.19. The lowest BCUT2D eigenvalue weighted by Gasteiger charge is -2.11. The third kappa shape index (κ3) is 3.12. The van der Waals surface area contributed by atoms with Crippen LogP contribution in [0.3, 0.4) is 0 Å². The monoisotopic (exact) mass is 360 g/mol. The van der Waals surface area contributed by atoms with E-state index in [0.717, 1.165) is 3.57 Å². The second-order valence-electron chi connectivity index (χ2n) is 3.45. The van der Waals surface area contributed by atoms with E-state index < -0.39 is 0 Å². The Bertz CT molecular complexity index is 529. The van der Waals surface area contributed by atoms with Gasteiger partial charge in [-0.1, -0.05) is 29.8 Å². The number of aliphatic hydroxyl groups excluding tert-OH is 1. The molecule has 2 aromatic carbocycles. The van der Waals surface area contributed by atoms with E-state index in [2.05, 4.69) is 22.6 Å². The van der Waals surface area contributed by atoms with Crippen molar-refractivity contribution in [3.8, 4) is 11.5 Å². The topological polar surface area (TPSA) is 29.5 Å². The summed E-state index contributed by atoms with van der Waals surface area (Å²) in [6.07, 6.45) is 0. The van der Waals surface area contributed by atoms with Crippen molar-refractivity contribution in [3.63, 3.8) is 0 Å². The normalized spacial score (nSPS) is 10.3. The number of halogens is 2. The summed E-state index contributed by atoms with van der Waals surface area (Å²) in [6, 6.07) is 13.0. The standard InChI is InChI=1S/C13H10ClIO2/c14-12-6-1-3-9(8-16)13(12)17-11-5-2-4-10(15)7-11/h1-7,16H,8H2. The molecule has 0 saturated carbocycles. The fourth-order valence-electron chi connectivity index (χ4n) is 1.44. The van der Waals surface area contributed by atoms with Crippen molar-refractivity contribution in [2.45, 2.75) is 6.61 Å². The third-order valence-electron chi connectivity index (χ3n) is 2.23. The molecule has 2 rings (SSSR count). The Hall–Kier alpha value is -0.780. The molecular formula is C13H10ClIO2. The highest BCUT2D eigenvalue weighted by Gasteiger charge is 2.08. The maximum absolute atomic E-state index is 9.24. The molecule has 0 fully saturated rings. The third-order valence-corrected chi connectivity index (χ3v) is 3.20. The van der Waals surface area contributed by atoms with E-state index in [-0.39, 0.29) is 6.61 Å². The average Bonchev–Trinajstić information content (AvgIpc) is 2.32. The molecule has 0 saturated heterocycles. The molecule has 2 aromatic rings. The lowest BCUT2D eigenvalue weighted by atomic mass is 10.2. The Morgan fingerprint density at radius 1 is 1.18 bits per heavy atom. The number of rotatable bonds is 3. The van der Waals surface area contributed by atoms with Crippen molar-refractivity contribution in [1.29, 1.82) is 0 Å². The summed E-state index contributed by atoms with van der Waals surface area (Å²) in [6.45, 7) is -0.0974. The van der Waals surface area contributed by atoms with E-state index in [1.54, 1.807) is 18.2 Å². The first kappa shape index (κ1) is 12.7. The van der Waals surface area contributed by atoms with E-state index in [9.17, 15) is 5.11 Å². The molecule has 0 unspecified atom stereocenters. The summed E-state index contributed by atoms with van der Waals surface area (Å²) < 4.78 is 6.80. The molecule has 2 nitrogen and oxygen atoms in total. The molecule has 17 heavy (non-hydrogen) atoms. The first-order chi connectivity index (χ1) is 8.20. The highest BCUT2D eigenvalue weighted by Crippen LogP contribution is 2.33. The molecular weight excluding hydrogens is 350 g/mol. The maximum atomic E-state index is 9.24. The Kier molecular flexibility index (Phi) is 4.25. The van der Waals surface area contributed by atoms with Crippen molar-refractivity contribution in [2.75, 3.05) is 0 Å². The summed E-state index contributed by atoms with van der Waals surface area (Å²) >= 11 is 8.27. The van der Waals surface area contributed by atoms with Gasteiger partial charge in [-0.2, -0.15) is 0 Å². The average molecular weight is 361 g/mol. The minimum Gasteiger partial charge on any atom is -0.455 e. The first-order valence-corrected chi connectivity index (χ1v) is 6.48. The van der Waals surface area contributed by atoms with Crippen LogP contribution in [0.15, 0.2) is 42.5 Å². The van der Waals surface area contributed by atoms with Crippen molar-refractivity contribution in [1.82, 2.24) is 0 Å². The predicted molar refractivity (Wildman–Crippen MR) is 76.6 cm³/mol. The Labute approximate surface area is 118 Å². The molecule has 0 bridgehead atoms.